The Labute approximate surface area is 114 Å². The maximum absolute atomic E-state index is 5.76. The van der Waals surface area contributed by atoms with Gasteiger partial charge in [-0.3, -0.25) is 0 Å². The number of thiophene rings is 1. The summed E-state index contributed by atoms with van der Waals surface area (Å²) in [5.41, 5.74) is 1.32. The van der Waals surface area contributed by atoms with Gasteiger partial charge in [0, 0.05) is 0 Å². The third-order valence-corrected chi connectivity index (χ3v) is 4.38. The van der Waals surface area contributed by atoms with Crippen LogP contribution >= 0.6 is 33.9 Å². The monoisotopic (exact) mass is 349 g/mol. The Bertz CT molecular complexity index is 375. The molecule has 0 radical (unpaired) electrons. The number of ether oxygens (including phenoxy) is 1. The van der Waals surface area contributed by atoms with Crippen molar-refractivity contribution in [1.29, 1.82) is 0 Å². The molecule has 2 rings (SSSR count). The van der Waals surface area contributed by atoms with Crippen molar-refractivity contribution in [2.24, 2.45) is 0 Å². The molecular formula is C12H16INOS. The van der Waals surface area contributed by atoms with Gasteiger partial charge in [0.1, 0.15) is 5.76 Å². The molecule has 1 aromatic heterocycles. The molecule has 2 heterocycles. The number of halogens is 1. The third-order valence-electron chi connectivity index (χ3n) is 2.58. The summed E-state index contributed by atoms with van der Waals surface area (Å²) in [5, 5.41) is 5.71. The first-order valence-corrected chi connectivity index (χ1v) is 7.57. The molecule has 0 spiro atoms. The summed E-state index contributed by atoms with van der Waals surface area (Å²) in [6.45, 7) is 3.94. The Hall–Kier alpha value is -0.0700. The number of nitrogens with one attached hydrogen (secondary N) is 1. The minimum atomic E-state index is 0.241. The van der Waals surface area contributed by atoms with E-state index in [2.05, 4.69) is 52.4 Å². The second-order valence-electron chi connectivity index (χ2n) is 3.77. The van der Waals surface area contributed by atoms with Gasteiger partial charge in [-0.05, 0) is 65.1 Å². The number of hydrogen-bond donors (Lipinski definition) is 1. The zero-order valence-corrected chi connectivity index (χ0v) is 12.3. The van der Waals surface area contributed by atoms with Gasteiger partial charge in [0.15, 0.2) is 0 Å². The van der Waals surface area contributed by atoms with E-state index in [1.165, 1.54) is 8.45 Å². The summed E-state index contributed by atoms with van der Waals surface area (Å²) in [7, 11) is 0. The normalized spacial score (nSPS) is 17.8. The average Bonchev–Trinajstić information content (AvgIpc) is 2.74. The Morgan fingerprint density at radius 1 is 1.62 bits per heavy atom. The zero-order valence-electron chi connectivity index (χ0n) is 9.33. The van der Waals surface area contributed by atoms with Crippen LogP contribution in [-0.2, 0) is 4.74 Å². The minimum absolute atomic E-state index is 0.241. The van der Waals surface area contributed by atoms with Gasteiger partial charge in [-0.2, -0.15) is 0 Å². The van der Waals surface area contributed by atoms with E-state index in [0.29, 0.717) is 0 Å². The summed E-state index contributed by atoms with van der Waals surface area (Å²) in [6, 6.07) is 2.47. The van der Waals surface area contributed by atoms with Gasteiger partial charge in [0.25, 0.3) is 0 Å². The van der Waals surface area contributed by atoms with Crippen LogP contribution in [0.25, 0.3) is 0 Å². The highest BCUT2D eigenvalue weighted by Crippen LogP contribution is 2.29. The second kappa shape index (κ2) is 6.02. The van der Waals surface area contributed by atoms with E-state index in [0.717, 1.165) is 31.8 Å². The fraction of sp³-hybridized carbons (Fsp3) is 0.500. The van der Waals surface area contributed by atoms with Gasteiger partial charge in [-0.1, -0.05) is 6.92 Å². The molecule has 2 nitrogen and oxygen atoms in total. The van der Waals surface area contributed by atoms with Crippen LogP contribution in [0.4, 0.5) is 0 Å². The maximum Gasteiger partial charge on any atom is 0.113 e. The Morgan fingerprint density at radius 3 is 3.06 bits per heavy atom. The molecule has 0 fully saturated rings. The van der Waals surface area contributed by atoms with Gasteiger partial charge < -0.3 is 10.1 Å². The van der Waals surface area contributed by atoms with Crippen molar-refractivity contribution in [3.05, 3.63) is 31.7 Å². The number of likely N-dealkylation sites (N-methyl/N-ethyl adjacent to an activating group) is 1. The molecule has 1 N–H and O–H groups in total. The molecular weight excluding hydrogens is 333 g/mol. The van der Waals surface area contributed by atoms with Crippen molar-refractivity contribution in [1.82, 2.24) is 5.32 Å². The first-order chi connectivity index (χ1) is 7.81. The summed E-state index contributed by atoms with van der Waals surface area (Å²) in [6.07, 6.45) is 4.50. The predicted molar refractivity (Wildman–Crippen MR) is 76.7 cm³/mol. The molecule has 0 aliphatic carbocycles. The lowest BCUT2D eigenvalue weighted by Gasteiger charge is -2.23. The predicted octanol–water partition coefficient (Wildman–Crippen LogP) is 3.70. The van der Waals surface area contributed by atoms with Gasteiger partial charge in [0.2, 0.25) is 0 Å². The molecule has 0 saturated carbocycles. The first-order valence-electron chi connectivity index (χ1n) is 5.61. The van der Waals surface area contributed by atoms with Gasteiger partial charge in [-0.15, -0.1) is 11.3 Å². The topological polar surface area (TPSA) is 21.3 Å². The van der Waals surface area contributed by atoms with Crippen LogP contribution in [0.1, 0.15) is 31.4 Å². The molecule has 16 heavy (non-hydrogen) atoms. The lowest BCUT2D eigenvalue weighted by molar-refractivity contribution is 0.168. The van der Waals surface area contributed by atoms with Crippen LogP contribution in [0, 0.1) is 2.88 Å². The Morgan fingerprint density at radius 2 is 2.50 bits per heavy atom. The Balaban J connectivity index is 2.19. The van der Waals surface area contributed by atoms with Crippen molar-refractivity contribution in [3.8, 4) is 0 Å². The number of hydrogen-bond acceptors (Lipinski definition) is 3. The van der Waals surface area contributed by atoms with Crippen molar-refractivity contribution in [2.45, 2.75) is 25.8 Å². The molecule has 4 heteroatoms. The minimum Gasteiger partial charge on any atom is -0.496 e. The van der Waals surface area contributed by atoms with Crippen LogP contribution in [0.5, 0.6) is 0 Å². The fourth-order valence-corrected chi connectivity index (χ4v) is 3.24. The molecule has 1 atom stereocenters. The van der Waals surface area contributed by atoms with Crippen LogP contribution in [0.15, 0.2) is 23.3 Å². The highest BCUT2D eigenvalue weighted by atomic mass is 127. The molecule has 1 aliphatic heterocycles. The molecule has 1 unspecified atom stereocenters. The van der Waals surface area contributed by atoms with Gasteiger partial charge in [-0.25, -0.2) is 0 Å². The van der Waals surface area contributed by atoms with E-state index < -0.39 is 0 Å². The number of allylic oxidation sites excluding steroid dienone is 1. The molecule has 0 amide bonds. The zero-order chi connectivity index (χ0) is 11.4. The lowest BCUT2D eigenvalue weighted by Crippen LogP contribution is -2.24. The van der Waals surface area contributed by atoms with E-state index in [9.17, 15) is 0 Å². The fourth-order valence-electron chi connectivity index (χ4n) is 1.84. The average molecular weight is 349 g/mol. The molecule has 1 aromatic rings. The highest BCUT2D eigenvalue weighted by Gasteiger charge is 2.19. The highest BCUT2D eigenvalue weighted by molar-refractivity contribution is 14.1. The quantitative estimate of drug-likeness (QED) is 0.837. The van der Waals surface area contributed by atoms with Crippen LogP contribution in [0.3, 0.4) is 0 Å². The number of rotatable bonds is 4. The van der Waals surface area contributed by atoms with Crippen LogP contribution < -0.4 is 5.32 Å². The van der Waals surface area contributed by atoms with Crippen molar-refractivity contribution >= 4 is 33.9 Å². The smallest absolute Gasteiger partial charge is 0.113 e. The van der Waals surface area contributed by atoms with Crippen molar-refractivity contribution in [3.63, 3.8) is 0 Å². The summed E-state index contributed by atoms with van der Waals surface area (Å²) < 4.78 is 7.08. The van der Waals surface area contributed by atoms with Crippen molar-refractivity contribution in [2.75, 3.05) is 13.2 Å². The molecule has 1 aliphatic rings. The molecule has 88 valence electrons. The van der Waals surface area contributed by atoms with E-state index in [1.54, 1.807) is 11.3 Å². The largest absolute Gasteiger partial charge is 0.496 e. The SMILES string of the molecule is CCNC(C1=CCCCO1)c1csc(I)c1. The second-order valence-corrected chi connectivity index (χ2v) is 6.58. The molecule has 0 aromatic carbocycles. The van der Waals surface area contributed by atoms with Crippen LogP contribution in [0.2, 0.25) is 0 Å². The third kappa shape index (κ3) is 2.99. The summed E-state index contributed by atoms with van der Waals surface area (Å²) in [4.78, 5) is 0. The van der Waals surface area contributed by atoms with E-state index in [1.807, 2.05) is 0 Å². The summed E-state index contributed by atoms with van der Waals surface area (Å²) >= 11 is 4.15. The van der Waals surface area contributed by atoms with Gasteiger partial charge >= 0.3 is 0 Å². The lowest BCUT2D eigenvalue weighted by atomic mass is 10.1. The standard InChI is InChI=1S/C12H16INOS/c1-2-14-12(9-7-11(13)16-8-9)10-5-3-4-6-15-10/h5,7-8,12,14H,2-4,6H2,1H3. The van der Waals surface area contributed by atoms with E-state index in [-0.39, 0.29) is 6.04 Å². The first kappa shape index (κ1) is 12.4. The summed E-state index contributed by atoms with van der Waals surface area (Å²) in [5.74, 6) is 1.10. The van der Waals surface area contributed by atoms with Gasteiger partial charge in [0.05, 0.1) is 15.5 Å². The Kier molecular flexibility index (Phi) is 4.66. The molecule has 0 saturated heterocycles. The maximum atomic E-state index is 5.76. The van der Waals surface area contributed by atoms with Crippen molar-refractivity contribution < 1.29 is 4.74 Å². The molecule has 0 bridgehead atoms. The van der Waals surface area contributed by atoms with Crippen LogP contribution in [-0.4, -0.2) is 13.2 Å². The van der Waals surface area contributed by atoms with E-state index >= 15 is 0 Å². The van der Waals surface area contributed by atoms with E-state index in [4.69, 9.17) is 4.74 Å².